The summed E-state index contributed by atoms with van der Waals surface area (Å²) in [6.45, 7) is 4.37. The average Bonchev–Trinajstić information content (AvgIpc) is 2.33. The topological polar surface area (TPSA) is 58.6 Å². The van der Waals surface area contributed by atoms with E-state index in [1.807, 2.05) is 0 Å². The highest BCUT2D eigenvalue weighted by Gasteiger charge is 2.41. The van der Waals surface area contributed by atoms with E-state index in [-0.39, 0.29) is 5.97 Å². The second-order valence-corrected chi connectivity index (χ2v) is 3.29. The minimum Gasteiger partial charge on any atom is -0.465 e. The number of hydrogen-bond donors (Lipinski definition) is 2. The molecule has 0 unspecified atom stereocenters. The van der Waals surface area contributed by atoms with Gasteiger partial charge in [-0.1, -0.05) is 0 Å². The van der Waals surface area contributed by atoms with Crippen molar-refractivity contribution in [3.05, 3.63) is 0 Å². The predicted octanol–water partition coefficient (Wildman–Crippen LogP) is -0.338. The van der Waals surface area contributed by atoms with Crippen LogP contribution in [0.3, 0.4) is 0 Å². The Kier molecular flexibility index (Phi) is 2.69. The largest absolute Gasteiger partial charge is 0.465 e. The lowest BCUT2D eigenvalue weighted by atomic mass is 10.00. The van der Waals surface area contributed by atoms with E-state index in [9.17, 15) is 9.90 Å². The van der Waals surface area contributed by atoms with Gasteiger partial charge in [0.25, 0.3) is 0 Å². The number of β-amino-alcohol motifs (C(OH)–C–C–N with tert-alkyl or cyclic N) is 1. The molecule has 12 heavy (non-hydrogen) atoms. The summed E-state index contributed by atoms with van der Waals surface area (Å²) in [4.78, 5) is 11.3. The van der Waals surface area contributed by atoms with Gasteiger partial charge < -0.3 is 9.84 Å². The van der Waals surface area contributed by atoms with Gasteiger partial charge in [-0.25, -0.2) is 0 Å². The number of hydrogen-bond acceptors (Lipinski definition) is 4. The first-order valence-electron chi connectivity index (χ1n) is 4.19. The fourth-order valence-corrected chi connectivity index (χ4v) is 1.40. The first kappa shape index (κ1) is 9.48. The maximum atomic E-state index is 11.3. The van der Waals surface area contributed by atoms with Crippen molar-refractivity contribution in [3.63, 3.8) is 0 Å². The zero-order chi connectivity index (χ0) is 9.19. The SMILES string of the molecule is CCOC(=O)[C@@]1(C)C[C@H](O)CN1. The summed E-state index contributed by atoms with van der Waals surface area (Å²) >= 11 is 0. The second kappa shape index (κ2) is 3.41. The van der Waals surface area contributed by atoms with Gasteiger partial charge in [-0.05, 0) is 13.8 Å². The van der Waals surface area contributed by atoms with Gasteiger partial charge in [-0.15, -0.1) is 0 Å². The highest BCUT2D eigenvalue weighted by molar-refractivity contribution is 5.80. The van der Waals surface area contributed by atoms with Crippen LogP contribution < -0.4 is 5.32 Å². The maximum absolute atomic E-state index is 11.3. The Hall–Kier alpha value is -0.610. The van der Waals surface area contributed by atoms with Crippen molar-refractivity contribution in [2.45, 2.75) is 31.9 Å². The van der Waals surface area contributed by atoms with Crippen LogP contribution in [0.5, 0.6) is 0 Å². The molecule has 0 radical (unpaired) electrons. The molecule has 1 aliphatic heterocycles. The fraction of sp³-hybridized carbons (Fsp3) is 0.875. The molecular formula is C8H15NO3. The smallest absolute Gasteiger partial charge is 0.326 e. The van der Waals surface area contributed by atoms with Gasteiger partial charge in [0.05, 0.1) is 12.7 Å². The molecule has 0 aromatic heterocycles. The van der Waals surface area contributed by atoms with Crippen LogP contribution in [-0.4, -0.2) is 35.9 Å². The lowest BCUT2D eigenvalue weighted by Gasteiger charge is -2.21. The van der Waals surface area contributed by atoms with Crippen LogP contribution in [0.4, 0.5) is 0 Å². The molecule has 0 aromatic rings. The molecular weight excluding hydrogens is 158 g/mol. The Labute approximate surface area is 71.9 Å². The Bertz CT molecular complexity index is 183. The summed E-state index contributed by atoms with van der Waals surface area (Å²) in [5, 5.41) is 12.2. The van der Waals surface area contributed by atoms with E-state index in [1.54, 1.807) is 13.8 Å². The Morgan fingerprint density at radius 1 is 1.83 bits per heavy atom. The number of aliphatic hydroxyl groups excluding tert-OH is 1. The van der Waals surface area contributed by atoms with Crippen molar-refractivity contribution in [2.24, 2.45) is 0 Å². The van der Waals surface area contributed by atoms with Crippen molar-refractivity contribution >= 4 is 5.97 Å². The van der Waals surface area contributed by atoms with Crippen LogP contribution in [0.15, 0.2) is 0 Å². The first-order valence-corrected chi connectivity index (χ1v) is 4.19. The third-order valence-corrected chi connectivity index (χ3v) is 2.10. The lowest BCUT2D eigenvalue weighted by molar-refractivity contribution is -0.150. The summed E-state index contributed by atoms with van der Waals surface area (Å²) in [5.41, 5.74) is -0.685. The van der Waals surface area contributed by atoms with Gasteiger partial charge >= 0.3 is 5.97 Å². The van der Waals surface area contributed by atoms with Crippen molar-refractivity contribution < 1.29 is 14.6 Å². The molecule has 0 spiro atoms. The molecule has 4 heteroatoms. The van der Waals surface area contributed by atoms with Crippen LogP contribution in [0.1, 0.15) is 20.3 Å². The summed E-state index contributed by atoms with van der Waals surface area (Å²) < 4.78 is 4.86. The summed E-state index contributed by atoms with van der Waals surface area (Å²) in [7, 11) is 0. The van der Waals surface area contributed by atoms with Crippen molar-refractivity contribution in [3.8, 4) is 0 Å². The molecule has 1 heterocycles. The van der Waals surface area contributed by atoms with Crippen LogP contribution in [0.2, 0.25) is 0 Å². The van der Waals surface area contributed by atoms with E-state index in [1.165, 1.54) is 0 Å². The number of ether oxygens (including phenoxy) is 1. The second-order valence-electron chi connectivity index (χ2n) is 3.29. The Morgan fingerprint density at radius 2 is 2.50 bits per heavy atom. The van der Waals surface area contributed by atoms with Crippen LogP contribution in [0, 0.1) is 0 Å². The van der Waals surface area contributed by atoms with Crippen molar-refractivity contribution in [2.75, 3.05) is 13.2 Å². The van der Waals surface area contributed by atoms with E-state index in [2.05, 4.69) is 5.32 Å². The monoisotopic (exact) mass is 173 g/mol. The summed E-state index contributed by atoms with van der Waals surface area (Å²) in [5.74, 6) is -0.276. The molecule has 0 saturated carbocycles. The molecule has 70 valence electrons. The van der Waals surface area contributed by atoms with Crippen molar-refractivity contribution in [1.29, 1.82) is 0 Å². The van der Waals surface area contributed by atoms with Gasteiger partial charge in [-0.2, -0.15) is 0 Å². The van der Waals surface area contributed by atoms with Gasteiger partial charge in [0.1, 0.15) is 5.54 Å². The molecule has 0 amide bonds. The molecule has 2 atom stereocenters. The van der Waals surface area contributed by atoms with Crippen LogP contribution >= 0.6 is 0 Å². The molecule has 2 N–H and O–H groups in total. The minimum absolute atomic E-state index is 0.276. The summed E-state index contributed by atoms with van der Waals surface area (Å²) in [6, 6.07) is 0. The molecule has 1 fully saturated rings. The highest BCUT2D eigenvalue weighted by Crippen LogP contribution is 2.20. The van der Waals surface area contributed by atoms with Gasteiger partial charge in [0.15, 0.2) is 0 Å². The van der Waals surface area contributed by atoms with Crippen LogP contribution in [0.25, 0.3) is 0 Å². The molecule has 4 nitrogen and oxygen atoms in total. The Balaban J connectivity index is 2.54. The Morgan fingerprint density at radius 3 is 2.92 bits per heavy atom. The van der Waals surface area contributed by atoms with Crippen molar-refractivity contribution in [1.82, 2.24) is 5.32 Å². The number of nitrogens with one attached hydrogen (secondary N) is 1. The van der Waals surface area contributed by atoms with E-state index in [4.69, 9.17) is 4.74 Å². The molecule has 1 aliphatic rings. The molecule has 0 aliphatic carbocycles. The zero-order valence-corrected chi connectivity index (χ0v) is 7.46. The normalized spacial score (nSPS) is 35.1. The third-order valence-electron chi connectivity index (χ3n) is 2.10. The lowest BCUT2D eigenvalue weighted by Crippen LogP contribution is -2.45. The molecule has 1 saturated heterocycles. The zero-order valence-electron chi connectivity index (χ0n) is 7.46. The van der Waals surface area contributed by atoms with Gasteiger partial charge in [-0.3, -0.25) is 10.1 Å². The highest BCUT2D eigenvalue weighted by atomic mass is 16.5. The number of aliphatic hydroxyl groups is 1. The minimum atomic E-state index is -0.685. The molecule has 0 bridgehead atoms. The van der Waals surface area contributed by atoms with E-state index in [0.717, 1.165) is 0 Å². The standard InChI is InChI=1S/C8H15NO3/c1-3-12-7(11)8(2)4-6(10)5-9-8/h6,9-10H,3-5H2,1-2H3/t6-,8+/m0/s1. The van der Waals surface area contributed by atoms with E-state index < -0.39 is 11.6 Å². The van der Waals surface area contributed by atoms with Gasteiger partial charge in [0.2, 0.25) is 0 Å². The van der Waals surface area contributed by atoms with Gasteiger partial charge in [0, 0.05) is 13.0 Å². The fourth-order valence-electron chi connectivity index (χ4n) is 1.40. The summed E-state index contributed by atoms with van der Waals surface area (Å²) in [6.07, 6.45) is 0.00524. The van der Waals surface area contributed by atoms with Crippen LogP contribution in [-0.2, 0) is 9.53 Å². The average molecular weight is 173 g/mol. The first-order chi connectivity index (χ1) is 5.58. The third kappa shape index (κ3) is 1.76. The number of rotatable bonds is 2. The maximum Gasteiger partial charge on any atom is 0.326 e. The molecule has 1 rings (SSSR count). The number of esters is 1. The quantitative estimate of drug-likeness (QED) is 0.561. The number of carbonyl (C=O) groups excluding carboxylic acids is 1. The predicted molar refractivity (Wildman–Crippen MR) is 43.7 cm³/mol. The number of carbonyl (C=O) groups is 1. The molecule has 0 aromatic carbocycles. The van der Waals surface area contributed by atoms with E-state index >= 15 is 0 Å². The van der Waals surface area contributed by atoms with E-state index in [0.29, 0.717) is 19.6 Å².